The summed E-state index contributed by atoms with van der Waals surface area (Å²) in [7, 11) is 0. The lowest BCUT2D eigenvalue weighted by atomic mass is 10.1. The van der Waals surface area contributed by atoms with E-state index in [-0.39, 0.29) is 36.0 Å². The maximum Gasteiger partial charge on any atom is 0.294 e. The third kappa shape index (κ3) is 6.97. The number of nitrogens with zero attached hydrogens (tertiary/aromatic N) is 2. The largest absolute Gasteiger partial charge is 0.493 e. The number of carbonyl (C=O) groups is 1. The molecule has 2 aromatic carbocycles. The molecule has 184 valence electrons. The molecule has 35 heavy (non-hydrogen) atoms. The number of benzene rings is 2. The van der Waals surface area contributed by atoms with Gasteiger partial charge in [0.2, 0.25) is 5.91 Å². The van der Waals surface area contributed by atoms with E-state index in [0.29, 0.717) is 30.3 Å². The summed E-state index contributed by atoms with van der Waals surface area (Å²) in [5.74, 6) is 0.433. The zero-order chi connectivity index (χ0) is 24.6. The predicted octanol–water partition coefficient (Wildman–Crippen LogP) is 3.26. The fourth-order valence-electron chi connectivity index (χ4n) is 3.86. The van der Waals surface area contributed by atoms with Gasteiger partial charge >= 0.3 is 0 Å². The van der Waals surface area contributed by atoms with Crippen LogP contribution in [-0.4, -0.2) is 41.2 Å². The number of nitrogens with one attached hydrogen (secondary N) is 3. The molecule has 3 aromatic rings. The first kappa shape index (κ1) is 25.0. The van der Waals surface area contributed by atoms with Crippen molar-refractivity contribution in [1.29, 1.82) is 0 Å². The maximum atomic E-state index is 13.1. The fraction of sp³-hybridized carbons (Fsp3) is 0.320. The lowest BCUT2D eigenvalue weighted by molar-refractivity contribution is -0.121. The van der Waals surface area contributed by atoms with Crippen molar-refractivity contribution in [1.82, 2.24) is 20.2 Å². The summed E-state index contributed by atoms with van der Waals surface area (Å²) in [6, 6.07) is 15.2. The number of hydrogen-bond acceptors (Lipinski definition) is 6. The Bertz CT molecular complexity index is 1220. The number of amides is 1. The van der Waals surface area contributed by atoms with Gasteiger partial charge in [-0.2, -0.15) is 0 Å². The number of rotatable bonds is 2. The molecular weight excluding hydrogens is 489 g/mol. The smallest absolute Gasteiger partial charge is 0.294 e. The molecule has 0 fully saturated rings. The summed E-state index contributed by atoms with van der Waals surface area (Å²) in [5, 5.41) is 10.1. The standard InChI is InChI=1S/C25H27Cl2N5O3/c26-19-7-8-21-18(12-19)13-29-23(33)16-32-22(27)15-30-24(25(32)34)31-20(14-28-9-4-10-35-21)11-17-5-2-1-3-6-17/h1-3,5-8,12,15,20,28H,4,9-11,13-14,16H2,(H,29,33)(H,30,31). The number of aromatic nitrogens is 2. The highest BCUT2D eigenvalue weighted by Crippen LogP contribution is 2.23. The highest BCUT2D eigenvalue weighted by Gasteiger charge is 2.17. The van der Waals surface area contributed by atoms with E-state index in [4.69, 9.17) is 27.9 Å². The van der Waals surface area contributed by atoms with Crippen LogP contribution in [0.5, 0.6) is 5.75 Å². The van der Waals surface area contributed by atoms with Gasteiger partial charge in [0, 0.05) is 29.7 Å². The summed E-state index contributed by atoms with van der Waals surface area (Å²) in [6.45, 7) is 1.79. The molecule has 2 bridgehead atoms. The van der Waals surface area contributed by atoms with Gasteiger partial charge in [0.1, 0.15) is 17.4 Å². The molecule has 1 aromatic heterocycles. The van der Waals surface area contributed by atoms with Crippen molar-refractivity contribution < 1.29 is 9.53 Å². The summed E-state index contributed by atoms with van der Waals surface area (Å²) in [5.41, 5.74) is 1.42. The molecule has 1 aliphatic rings. The van der Waals surface area contributed by atoms with Crippen LogP contribution in [0.15, 0.2) is 59.5 Å². The predicted molar refractivity (Wildman–Crippen MR) is 137 cm³/mol. The van der Waals surface area contributed by atoms with Gasteiger partial charge in [0.15, 0.2) is 5.82 Å². The Morgan fingerprint density at radius 1 is 1.11 bits per heavy atom. The molecule has 0 saturated heterocycles. The first-order valence-corrected chi connectivity index (χ1v) is 12.2. The van der Waals surface area contributed by atoms with E-state index in [0.717, 1.165) is 24.1 Å². The Kier molecular flexibility index (Phi) is 8.63. The molecule has 0 saturated carbocycles. The molecule has 0 radical (unpaired) electrons. The monoisotopic (exact) mass is 515 g/mol. The first-order chi connectivity index (χ1) is 17.0. The summed E-state index contributed by atoms with van der Waals surface area (Å²) in [4.78, 5) is 30.0. The van der Waals surface area contributed by atoms with Crippen molar-refractivity contribution in [3.8, 4) is 5.75 Å². The van der Waals surface area contributed by atoms with E-state index in [1.165, 1.54) is 10.8 Å². The molecule has 1 amide bonds. The minimum Gasteiger partial charge on any atom is -0.493 e. The van der Waals surface area contributed by atoms with E-state index < -0.39 is 5.56 Å². The number of ether oxygens (including phenoxy) is 1. The number of fused-ring (bicyclic) bond motifs is 3. The first-order valence-electron chi connectivity index (χ1n) is 11.4. The van der Waals surface area contributed by atoms with Gasteiger partial charge in [-0.3, -0.25) is 14.2 Å². The van der Waals surface area contributed by atoms with Crippen LogP contribution in [-0.2, 0) is 24.3 Å². The third-order valence-corrected chi connectivity index (χ3v) is 6.15. The average molecular weight is 516 g/mol. The van der Waals surface area contributed by atoms with Crippen LogP contribution in [0.25, 0.3) is 0 Å². The molecular formula is C25H27Cl2N5O3. The van der Waals surface area contributed by atoms with Crippen molar-refractivity contribution in [3.05, 3.63) is 86.4 Å². The van der Waals surface area contributed by atoms with E-state index in [9.17, 15) is 9.59 Å². The Balaban J connectivity index is 1.59. The molecule has 8 nitrogen and oxygen atoms in total. The van der Waals surface area contributed by atoms with Gasteiger partial charge in [-0.15, -0.1) is 0 Å². The van der Waals surface area contributed by atoms with Gasteiger partial charge in [-0.05, 0) is 43.1 Å². The minimum absolute atomic E-state index is 0.0816. The molecule has 2 heterocycles. The van der Waals surface area contributed by atoms with Crippen molar-refractivity contribution in [2.24, 2.45) is 0 Å². The molecule has 0 spiro atoms. The van der Waals surface area contributed by atoms with Gasteiger partial charge < -0.3 is 20.7 Å². The van der Waals surface area contributed by atoms with Gasteiger partial charge in [0.05, 0.1) is 12.8 Å². The zero-order valence-electron chi connectivity index (χ0n) is 19.1. The summed E-state index contributed by atoms with van der Waals surface area (Å²) in [6.07, 6.45) is 2.84. The van der Waals surface area contributed by atoms with Crippen LogP contribution in [0, 0.1) is 0 Å². The molecule has 3 N–H and O–H groups in total. The summed E-state index contributed by atoms with van der Waals surface area (Å²) >= 11 is 12.4. The second kappa shape index (κ2) is 12.1. The second-order valence-corrected chi connectivity index (χ2v) is 9.11. The zero-order valence-corrected chi connectivity index (χ0v) is 20.6. The Hall–Kier alpha value is -3.07. The molecule has 1 unspecified atom stereocenters. The van der Waals surface area contributed by atoms with Crippen LogP contribution in [0.3, 0.4) is 0 Å². The van der Waals surface area contributed by atoms with E-state index >= 15 is 0 Å². The van der Waals surface area contributed by atoms with Gasteiger partial charge in [-0.1, -0.05) is 53.5 Å². The topological polar surface area (TPSA) is 97.3 Å². The van der Waals surface area contributed by atoms with Crippen LogP contribution >= 0.6 is 23.2 Å². The van der Waals surface area contributed by atoms with Crippen LogP contribution in [0.1, 0.15) is 17.5 Å². The van der Waals surface area contributed by atoms with E-state index in [1.807, 2.05) is 30.3 Å². The van der Waals surface area contributed by atoms with Crippen molar-refractivity contribution in [2.45, 2.75) is 32.0 Å². The number of halogens is 2. The lowest BCUT2D eigenvalue weighted by Gasteiger charge is -2.20. The highest BCUT2D eigenvalue weighted by atomic mass is 35.5. The molecule has 10 heteroatoms. The fourth-order valence-corrected chi connectivity index (χ4v) is 4.24. The van der Waals surface area contributed by atoms with E-state index in [1.54, 1.807) is 18.2 Å². The molecule has 1 atom stereocenters. The highest BCUT2D eigenvalue weighted by molar-refractivity contribution is 6.30. The Morgan fingerprint density at radius 3 is 2.77 bits per heavy atom. The SMILES string of the molecule is O=C1Cn2c(Cl)cnc(c2=O)NC(Cc2ccccc2)CNCCCOc2ccc(Cl)cc2CN1. The third-order valence-electron chi connectivity index (χ3n) is 5.62. The van der Waals surface area contributed by atoms with Crippen molar-refractivity contribution in [2.75, 3.05) is 25.0 Å². The summed E-state index contributed by atoms with van der Waals surface area (Å²) < 4.78 is 7.15. The second-order valence-electron chi connectivity index (χ2n) is 8.29. The van der Waals surface area contributed by atoms with Crippen molar-refractivity contribution in [3.63, 3.8) is 0 Å². The molecule has 0 aliphatic carbocycles. The minimum atomic E-state index is -0.457. The molecule has 1 aliphatic heterocycles. The van der Waals surface area contributed by atoms with E-state index in [2.05, 4.69) is 20.9 Å². The number of anilines is 1. The Labute approximate surface area is 213 Å². The maximum absolute atomic E-state index is 13.1. The average Bonchev–Trinajstić information content (AvgIpc) is 2.85. The van der Waals surface area contributed by atoms with Crippen molar-refractivity contribution >= 4 is 34.9 Å². The van der Waals surface area contributed by atoms with Gasteiger partial charge in [0.25, 0.3) is 5.56 Å². The van der Waals surface area contributed by atoms with Crippen LogP contribution < -0.4 is 26.2 Å². The van der Waals surface area contributed by atoms with Crippen LogP contribution in [0.2, 0.25) is 10.2 Å². The van der Waals surface area contributed by atoms with Crippen LogP contribution in [0.4, 0.5) is 5.82 Å². The lowest BCUT2D eigenvalue weighted by Crippen LogP contribution is -2.39. The molecule has 4 rings (SSSR count). The Morgan fingerprint density at radius 2 is 1.94 bits per heavy atom. The normalized spacial score (nSPS) is 17.3. The number of hydrogen-bond donors (Lipinski definition) is 3. The number of carbonyl (C=O) groups excluding carboxylic acids is 1. The quantitative estimate of drug-likeness (QED) is 0.484. The van der Waals surface area contributed by atoms with Gasteiger partial charge in [-0.25, -0.2) is 4.98 Å².